The summed E-state index contributed by atoms with van der Waals surface area (Å²) in [7, 11) is 0. The van der Waals surface area contributed by atoms with Gasteiger partial charge in [-0.25, -0.2) is 5.43 Å². The van der Waals surface area contributed by atoms with Gasteiger partial charge in [0, 0.05) is 0 Å². The van der Waals surface area contributed by atoms with Crippen molar-refractivity contribution < 1.29 is 9.53 Å². The summed E-state index contributed by atoms with van der Waals surface area (Å²) in [4.78, 5) is 11.1. The van der Waals surface area contributed by atoms with Crippen molar-refractivity contribution in [3.05, 3.63) is 0 Å². The molecule has 4 nitrogen and oxygen atoms in total. The minimum Gasteiger partial charge on any atom is -0.464 e. The van der Waals surface area contributed by atoms with E-state index in [4.69, 9.17) is 10.6 Å². The SMILES string of the molecule is CCC(NN)C(=O)OCC(C)C. The van der Waals surface area contributed by atoms with Crippen molar-refractivity contribution in [1.29, 1.82) is 0 Å². The first-order chi connectivity index (χ1) is 5.61. The molecule has 1 atom stereocenters. The highest BCUT2D eigenvalue weighted by molar-refractivity contribution is 5.75. The summed E-state index contributed by atoms with van der Waals surface area (Å²) < 4.78 is 4.97. The van der Waals surface area contributed by atoms with Gasteiger partial charge < -0.3 is 4.74 Å². The molecule has 12 heavy (non-hydrogen) atoms. The Hall–Kier alpha value is -0.610. The van der Waals surface area contributed by atoms with Crippen LogP contribution in [-0.2, 0) is 9.53 Å². The van der Waals surface area contributed by atoms with Crippen LogP contribution in [0.5, 0.6) is 0 Å². The minimum absolute atomic E-state index is 0.270. The number of hydrogen-bond acceptors (Lipinski definition) is 4. The largest absolute Gasteiger partial charge is 0.464 e. The Morgan fingerprint density at radius 1 is 1.58 bits per heavy atom. The fourth-order valence-corrected chi connectivity index (χ4v) is 0.702. The molecule has 0 rings (SSSR count). The predicted molar refractivity (Wildman–Crippen MR) is 47.2 cm³/mol. The number of hydrogen-bond donors (Lipinski definition) is 2. The van der Waals surface area contributed by atoms with E-state index < -0.39 is 0 Å². The number of hydrazine groups is 1. The van der Waals surface area contributed by atoms with Crippen molar-refractivity contribution in [2.45, 2.75) is 33.2 Å². The standard InChI is InChI=1S/C8H18N2O2/c1-4-7(10-9)8(11)12-5-6(2)3/h6-7,10H,4-5,9H2,1-3H3. The van der Waals surface area contributed by atoms with Gasteiger partial charge >= 0.3 is 5.97 Å². The number of ether oxygens (including phenoxy) is 1. The van der Waals surface area contributed by atoms with Crippen LogP contribution in [0.15, 0.2) is 0 Å². The van der Waals surface area contributed by atoms with Crippen LogP contribution in [0.4, 0.5) is 0 Å². The molecule has 0 saturated heterocycles. The Morgan fingerprint density at radius 2 is 2.17 bits per heavy atom. The smallest absolute Gasteiger partial charge is 0.324 e. The maximum absolute atomic E-state index is 11.1. The van der Waals surface area contributed by atoms with Crippen LogP contribution in [0.1, 0.15) is 27.2 Å². The van der Waals surface area contributed by atoms with E-state index in [9.17, 15) is 4.79 Å². The van der Waals surface area contributed by atoms with E-state index in [0.717, 1.165) is 0 Å². The zero-order valence-corrected chi connectivity index (χ0v) is 7.96. The molecule has 0 aromatic carbocycles. The quantitative estimate of drug-likeness (QED) is 0.360. The molecule has 0 heterocycles. The van der Waals surface area contributed by atoms with Gasteiger partial charge in [0.25, 0.3) is 0 Å². The second-order valence-electron chi connectivity index (χ2n) is 3.15. The summed E-state index contributed by atoms with van der Waals surface area (Å²) >= 11 is 0. The lowest BCUT2D eigenvalue weighted by atomic mass is 10.2. The molecule has 3 N–H and O–H groups in total. The summed E-state index contributed by atoms with van der Waals surface area (Å²) in [6.45, 7) is 6.31. The maximum Gasteiger partial charge on any atom is 0.324 e. The van der Waals surface area contributed by atoms with Gasteiger partial charge in [0.1, 0.15) is 6.04 Å². The van der Waals surface area contributed by atoms with Crippen LogP contribution in [0, 0.1) is 5.92 Å². The average molecular weight is 174 g/mol. The molecule has 0 spiro atoms. The molecule has 0 aliphatic heterocycles. The molecule has 0 fully saturated rings. The van der Waals surface area contributed by atoms with E-state index in [-0.39, 0.29) is 12.0 Å². The van der Waals surface area contributed by atoms with E-state index in [1.54, 1.807) is 0 Å². The molecule has 0 amide bonds. The van der Waals surface area contributed by atoms with E-state index in [1.165, 1.54) is 0 Å². The minimum atomic E-state index is -0.372. The summed E-state index contributed by atoms with van der Waals surface area (Å²) in [5, 5.41) is 0. The Morgan fingerprint density at radius 3 is 2.50 bits per heavy atom. The number of carbonyl (C=O) groups excluding carboxylic acids is 1. The zero-order valence-electron chi connectivity index (χ0n) is 7.96. The van der Waals surface area contributed by atoms with E-state index in [1.807, 2.05) is 20.8 Å². The summed E-state index contributed by atoms with van der Waals surface area (Å²) in [5.41, 5.74) is 2.40. The monoisotopic (exact) mass is 174 g/mol. The molecule has 0 aliphatic rings. The normalized spacial score (nSPS) is 13.1. The Labute approximate surface area is 73.4 Å². The summed E-state index contributed by atoms with van der Waals surface area (Å²) in [5.74, 6) is 5.24. The van der Waals surface area contributed by atoms with Gasteiger partial charge in [-0.1, -0.05) is 20.8 Å². The lowest BCUT2D eigenvalue weighted by Gasteiger charge is -2.13. The number of carbonyl (C=O) groups is 1. The molecule has 72 valence electrons. The van der Waals surface area contributed by atoms with E-state index in [0.29, 0.717) is 18.9 Å². The van der Waals surface area contributed by atoms with E-state index >= 15 is 0 Å². The Bertz CT molecular complexity index is 133. The van der Waals surface area contributed by atoms with E-state index in [2.05, 4.69) is 5.43 Å². The second kappa shape index (κ2) is 5.97. The maximum atomic E-state index is 11.1. The zero-order chi connectivity index (χ0) is 9.56. The third kappa shape index (κ3) is 4.31. The third-order valence-electron chi connectivity index (χ3n) is 1.45. The fraction of sp³-hybridized carbons (Fsp3) is 0.875. The van der Waals surface area contributed by atoms with Gasteiger partial charge in [-0.05, 0) is 12.3 Å². The second-order valence-corrected chi connectivity index (χ2v) is 3.15. The summed E-state index contributed by atoms with van der Waals surface area (Å²) in [6, 6.07) is -0.372. The molecule has 4 heteroatoms. The van der Waals surface area contributed by atoms with Gasteiger partial charge in [-0.15, -0.1) is 0 Å². The van der Waals surface area contributed by atoms with Crippen molar-refractivity contribution in [3.63, 3.8) is 0 Å². The highest BCUT2D eigenvalue weighted by Gasteiger charge is 2.15. The average Bonchev–Trinajstić information content (AvgIpc) is 2.03. The lowest BCUT2D eigenvalue weighted by Crippen LogP contribution is -2.42. The first kappa shape index (κ1) is 11.4. The topological polar surface area (TPSA) is 64.3 Å². The molecule has 0 aromatic rings. The Balaban J connectivity index is 3.69. The van der Waals surface area contributed by atoms with Crippen LogP contribution < -0.4 is 11.3 Å². The molecule has 0 saturated carbocycles. The third-order valence-corrected chi connectivity index (χ3v) is 1.45. The number of nitrogens with two attached hydrogens (primary N) is 1. The molecule has 0 bridgehead atoms. The molecular formula is C8H18N2O2. The number of esters is 1. The lowest BCUT2D eigenvalue weighted by molar-refractivity contribution is -0.147. The van der Waals surface area contributed by atoms with Crippen LogP contribution in [0.3, 0.4) is 0 Å². The number of nitrogens with one attached hydrogen (secondary N) is 1. The first-order valence-electron chi connectivity index (χ1n) is 4.24. The van der Waals surface area contributed by atoms with Crippen molar-refractivity contribution in [3.8, 4) is 0 Å². The van der Waals surface area contributed by atoms with Crippen LogP contribution in [-0.4, -0.2) is 18.6 Å². The van der Waals surface area contributed by atoms with Gasteiger partial charge in [-0.3, -0.25) is 10.6 Å². The van der Waals surface area contributed by atoms with Crippen molar-refractivity contribution in [1.82, 2.24) is 5.43 Å². The van der Waals surface area contributed by atoms with Gasteiger partial charge in [0.15, 0.2) is 0 Å². The van der Waals surface area contributed by atoms with Gasteiger partial charge in [-0.2, -0.15) is 0 Å². The summed E-state index contributed by atoms with van der Waals surface area (Å²) in [6.07, 6.45) is 0.646. The van der Waals surface area contributed by atoms with Crippen molar-refractivity contribution in [2.75, 3.05) is 6.61 Å². The molecule has 1 unspecified atom stereocenters. The predicted octanol–water partition coefficient (Wildman–Crippen LogP) is 0.427. The van der Waals surface area contributed by atoms with Crippen molar-refractivity contribution in [2.24, 2.45) is 11.8 Å². The van der Waals surface area contributed by atoms with Crippen LogP contribution in [0.25, 0.3) is 0 Å². The van der Waals surface area contributed by atoms with Gasteiger partial charge in [0.05, 0.1) is 6.61 Å². The molecule has 0 aliphatic carbocycles. The fourth-order valence-electron chi connectivity index (χ4n) is 0.702. The first-order valence-corrected chi connectivity index (χ1v) is 4.24. The van der Waals surface area contributed by atoms with Gasteiger partial charge in [0.2, 0.25) is 0 Å². The number of rotatable bonds is 5. The highest BCUT2D eigenvalue weighted by Crippen LogP contribution is 1.97. The molecule has 0 aromatic heterocycles. The van der Waals surface area contributed by atoms with Crippen LogP contribution in [0.2, 0.25) is 0 Å². The Kier molecular flexibility index (Phi) is 5.66. The molecule has 0 radical (unpaired) electrons. The highest BCUT2D eigenvalue weighted by atomic mass is 16.5. The van der Waals surface area contributed by atoms with Crippen LogP contribution >= 0.6 is 0 Å². The molecular weight excluding hydrogens is 156 g/mol. The van der Waals surface area contributed by atoms with Crippen molar-refractivity contribution >= 4 is 5.97 Å².